The number of primary amides is 1. The molecule has 1 aliphatic rings. The zero-order valence-electron chi connectivity index (χ0n) is 17.8. The Morgan fingerprint density at radius 1 is 1.32 bits per heavy atom. The summed E-state index contributed by atoms with van der Waals surface area (Å²) in [5.74, 6) is 2.50. The number of amides is 2. The lowest BCUT2D eigenvalue weighted by molar-refractivity contribution is 0.166. The van der Waals surface area contributed by atoms with Crippen molar-refractivity contribution >= 4 is 34.0 Å². The first-order valence-electron chi connectivity index (χ1n) is 9.89. The summed E-state index contributed by atoms with van der Waals surface area (Å²) in [5, 5.41) is 1.88. The molecular weight excluding hydrogens is 424 g/mol. The third-order valence-corrected chi connectivity index (χ3v) is 6.06. The Kier molecular flexibility index (Phi) is 7.46. The van der Waals surface area contributed by atoms with E-state index >= 15 is 0 Å². The number of piperidine rings is 1. The summed E-state index contributed by atoms with van der Waals surface area (Å²) in [4.78, 5) is 24.8. The van der Waals surface area contributed by atoms with Gasteiger partial charge in [-0.2, -0.15) is 0 Å². The van der Waals surface area contributed by atoms with Crippen molar-refractivity contribution < 1.29 is 23.0 Å². The fraction of sp³-hybridized carbons (Fsp3) is 0.526. The molecule has 12 heteroatoms. The van der Waals surface area contributed by atoms with Gasteiger partial charge in [-0.05, 0) is 30.7 Å². The number of carbonyl (C=O) groups excluding carboxylic acids is 1. The molecule has 4 N–H and O–H groups in total. The molecule has 11 nitrogen and oxygen atoms in total. The largest absolute Gasteiger partial charge is 0.493 e. The molecule has 170 valence electrons. The molecule has 1 aromatic carbocycles. The third-order valence-electron chi connectivity index (χ3n) is 5.69. The van der Waals surface area contributed by atoms with Crippen LogP contribution in [0.2, 0.25) is 0 Å². The van der Waals surface area contributed by atoms with Gasteiger partial charge in [0.1, 0.15) is 12.1 Å². The minimum absolute atomic E-state index is 0.0946. The van der Waals surface area contributed by atoms with Gasteiger partial charge in [0, 0.05) is 31.1 Å². The number of anilines is 1. The van der Waals surface area contributed by atoms with Crippen molar-refractivity contribution in [2.75, 3.05) is 38.8 Å². The number of rotatable bonds is 8. The Hall–Kier alpha value is -2.70. The second-order valence-corrected chi connectivity index (χ2v) is 8.19. The molecule has 0 saturated carbocycles. The summed E-state index contributed by atoms with van der Waals surface area (Å²) >= 11 is -2.35. The van der Waals surface area contributed by atoms with Gasteiger partial charge in [0.2, 0.25) is 0 Å². The van der Waals surface area contributed by atoms with E-state index in [1.807, 2.05) is 19.1 Å². The van der Waals surface area contributed by atoms with Crippen LogP contribution in [0, 0.1) is 11.8 Å². The highest BCUT2D eigenvalue weighted by Crippen LogP contribution is 2.36. The highest BCUT2D eigenvalue weighted by Gasteiger charge is 2.28. The van der Waals surface area contributed by atoms with Crippen molar-refractivity contribution in [3.8, 4) is 11.5 Å². The van der Waals surface area contributed by atoms with Crippen LogP contribution in [0.25, 0.3) is 10.9 Å². The molecule has 1 aromatic heterocycles. The number of hydrogen-bond donors (Lipinski definition) is 3. The van der Waals surface area contributed by atoms with Crippen molar-refractivity contribution in [3.05, 3.63) is 18.5 Å². The highest BCUT2D eigenvalue weighted by atomic mass is 32.2. The molecular formula is C19H28N6O5S. The third kappa shape index (κ3) is 5.32. The van der Waals surface area contributed by atoms with E-state index in [1.165, 1.54) is 0 Å². The predicted octanol–water partition coefficient (Wildman–Crippen LogP) is 1.52. The van der Waals surface area contributed by atoms with Crippen LogP contribution < -0.4 is 24.9 Å². The minimum Gasteiger partial charge on any atom is -0.493 e. The number of hydrogen-bond acceptors (Lipinski definition) is 7. The topological polar surface area (TPSA) is 143 Å². The maximum absolute atomic E-state index is 11.5. The minimum atomic E-state index is -2.35. The van der Waals surface area contributed by atoms with Gasteiger partial charge in [-0.1, -0.05) is 6.92 Å². The van der Waals surface area contributed by atoms with E-state index in [1.54, 1.807) is 20.5 Å². The normalized spacial score (nSPS) is 16.7. The average Bonchev–Trinajstić information content (AvgIpc) is 2.76. The number of benzene rings is 1. The van der Waals surface area contributed by atoms with Gasteiger partial charge in [0.25, 0.3) is 11.3 Å². The van der Waals surface area contributed by atoms with Gasteiger partial charge in [0.15, 0.2) is 11.5 Å². The lowest BCUT2D eigenvalue weighted by Gasteiger charge is -2.37. The zero-order valence-corrected chi connectivity index (χ0v) is 18.6. The Balaban J connectivity index is 1.71. The monoisotopic (exact) mass is 452 g/mol. The molecule has 1 fully saturated rings. The number of nitrogens with one attached hydrogen (secondary N) is 1. The molecule has 2 unspecified atom stereocenters. The van der Waals surface area contributed by atoms with Crippen LogP contribution in [0.15, 0.2) is 18.5 Å². The Labute approximate surface area is 183 Å². The summed E-state index contributed by atoms with van der Waals surface area (Å²) in [6.45, 7) is 3.83. The lowest BCUT2D eigenvalue weighted by Crippen LogP contribution is -2.50. The quantitative estimate of drug-likeness (QED) is 0.404. The van der Waals surface area contributed by atoms with E-state index in [2.05, 4.69) is 19.7 Å². The van der Waals surface area contributed by atoms with E-state index in [0.717, 1.165) is 47.7 Å². The highest BCUT2D eigenvalue weighted by molar-refractivity contribution is 7.77. The molecule has 0 aliphatic carbocycles. The zero-order chi connectivity index (χ0) is 22.5. The SMILES string of the molecule is COc1cc2ncnc(N3CCC(C(C)CN(NS(=O)O)C(N)=O)CC3)c2cc1OC. The van der Waals surface area contributed by atoms with Crippen LogP contribution in [-0.2, 0) is 11.3 Å². The van der Waals surface area contributed by atoms with Crippen LogP contribution in [0.1, 0.15) is 19.8 Å². The smallest absolute Gasteiger partial charge is 0.329 e. The van der Waals surface area contributed by atoms with Crippen LogP contribution in [0.5, 0.6) is 11.5 Å². The number of urea groups is 1. The number of nitrogens with two attached hydrogens (primary N) is 1. The molecule has 2 aromatic rings. The van der Waals surface area contributed by atoms with Gasteiger partial charge in [-0.15, -0.1) is 4.83 Å². The summed E-state index contributed by atoms with van der Waals surface area (Å²) in [7, 11) is 3.18. The summed E-state index contributed by atoms with van der Waals surface area (Å²) in [6, 6.07) is 2.94. The van der Waals surface area contributed by atoms with Gasteiger partial charge in [-0.3, -0.25) is 4.55 Å². The fourth-order valence-electron chi connectivity index (χ4n) is 4.01. The van der Waals surface area contributed by atoms with Crippen LogP contribution >= 0.6 is 0 Å². The second kappa shape index (κ2) is 10.1. The molecule has 2 heterocycles. The molecule has 0 bridgehead atoms. The van der Waals surface area contributed by atoms with Gasteiger partial charge >= 0.3 is 6.03 Å². The average molecular weight is 453 g/mol. The van der Waals surface area contributed by atoms with E-state index in [4.69, 9.17) is 19.8 Å². The Morgan fingerprint density at radius 3 is 2.55 bits per heavy atom. The number of nitrogens with zero attached hydrogens (tertiary/aromatic N) is 4. The first-order chi connectivity index (χ1) is 14.8. The van der Waals surface area contributed by atoms with Gasteiger partial charge in [0.05, 0.1) is 19.7 Å². The van der Waals surface area contributed by atoms with Crippen LogP contribution in [0.4, 0.5) is 10.6 Å². The molecule has 3 rings (SSSR count). The molecule has 1 aliphatic heterocycles. The number of methoxy groups -OCH3 is 2. The van der Waals surface area contributed by atoms with Crippen molar-refractivity contribution in [3.63, 3.8) is 0 Å². The number of carbonyl (C=O) groups is 1. The molecule has 2 atom stereocenters. The first kappa shape index (κ1) is 23.0. The fourth-order valence-corrected chi connectivity index (χ4v) is 4.36. The maximum Gasteiger partial charge on any atom is 0.329 e. The van der Waals surface area contributed by atoms with E-state index in [0.29, 0.717) is 17.4 Å². The number of aromatic nitrogens is 2. The lowest BCUT2D eigenvalue weighted by atomic mass is 9.85. The Bertz CT molecular complexity index is 953. The van der Waals surface area contributed by atoms with Crippen LogP contribution in [-0.4, -0.2) is 63.6 Å². The maximum atomic E-state index is 11.5. The van der Waals surface area contributed by atoms with Crippen molar-refractivity contribution in [2.45, 2.75) is 19.8 Å². The first-order valence-corrected chi connectivity index (χ1v) is 11.0. The molecule has 2 amide bonds. The summed E-state index contributed by atoms with van der Waals surface area (Å²) < 4.78 is 30.8. The van der Waals surface area contributed by atoms with E-state index < -0.39 is 17.3 Å². The predicted molar refractivity (Wildman–Crippen MR) is 117 cm³/mol. The second-order valence-electron chi connectivity index (χ2n) is 7.51. The van der Waals surface area contributed by atoms with E-state index in [9.17, 15) is 9.00 Å². The number of ether oxygens (including phenoxy) is 2. The molecule has 31 heavy (non-hydrogen) atoms. The van der Waals surface area contributed by atoms with E-state index in [-0.39, 0.29) is 12.5 Å². The van der Waals surface area contributed by atoms with Gasteiger partial charge in [-0.25, -0.2) is 24.0 Å². The standard InChI is InChI=1S/C19H28N6O5S/c1-12(10-25(19(20)26)23-31(27)28)13-4-6-24(7-5-13)18-14-8-16(29-2)17(30-3)9-15(14)21-11-22-18/h8-9,11-13,23H,4-7,10H2,1-3H3,(H2,20,26)(H,27,28). The van der Waals surface area contributed by atoms with Crippen molar-refractivity contribution in [2.24, 2.45) is 17.6 Å². The molecule has 0 spiro atoms. The van der Waals surface area contributed by atoms with Crippen LogP contribution in [0.3, 0.4) is 0 Å². The molecule has 1 saturated heterocycles. The number of fused-ring (bicyclic) bond motifs is 1. The molecule has 0 radical (unpaired) electrons. The van der Waals surface area contributed by atoms with Crippen molar-refractivity contribution in [1.82, 2.24) is 19.8 Å². The summed E-state index contributed by atoms with van der Waals surface area (Å²) in [5.41, 5.74) is 6.07. The number of hydrazine groups is 1. The Morgan fingerprint density at radius 2 is 1.97 bits per heavy atom. The van der Waals surface area contributed by atoms with Crippen molar-refractivity contribution in [1.29, 1.82) is 0 Å². The van der Waals surface area contributed by atoms with Gasteiger partial charge < -0.3 is 20.1 Å². The summed E-state index contributed by atoms with van der Waals surface area (Å²) in [6.07, 6.45) is 3.31.